The molecule has 1 aliphatic rings. The van der Waals surface area contributed by atoms with E-state index in [0.717, 1.165) is 18.4 Å². The van der Waals surface area contributed by atoms with Gasteiger partial charge in [-0.05, 0) is 19.3 Å². The maximum absolute atomic E-state index is 11.9. The summed E-state index contributed by atoms with van der Waals surface area (Å²) in [7, 11) is 0. The fraction of sp³-hybridized carbons (Fsp3) is 0.353. The molecule has 3 N–H and O–H groups in total. The minimum absolute atomic E-state index is 0.134. The summed E-state index contributed by atoms with van der Waals surface area (Å²) in [4.78, 5) is 27.9. The molecule has 3 amide bonds. The number of rotatable bonds is 4. The number of carbonyl (C=O) groups is 2. The predicted octanol–water partition coefficient (Wildman–Crippen LogP) is 1.81. The van der Waals surface area contributed by atoms with Gasteiger partial charge in [0.1, 0.15) is 6.04 Å². The van der Waals surface area contributed by atoms with Crippen LogP contribution in [0.2, 0.25) is 0 Å². The van der Waals surface area contributed by atoms with Crippen LogP contribution in [0.25, 0.3) is 11.3 Å². The number of aromatic nitrogens is 1. The van der Waals surface area contributed by atoms with Crippen molar-refractivity contribution in [2.45, 2.75) is 31.8 Å². The van der Waals surface area contributed by atoms with Gasteiger partial charge < -0.3 is 20.4 Å². The molecule has 2 heterocycles. The van der Waals surface area contributed by atoms with Crippen LogP contribution >= 0.6 is 0 Å². The Balaban J connectivity index is 1.51. The maximum Gasteiger partial charge on any atom is 0.315 e. The second kappa shape index (κ2) is 7.63. The molecule has 3 rings (SSSR count). The van der Waals surface area contributed by atoms with E-state index < -0.39 is 12.1 Å². The Hall–Kier alpha value is -2.83. The van der Waals surface area contributed by atoms with Gasteiger partial charge in [-0.2, -0.15) is 0 Å². The Morgan fingerprint density at radius 3 is 2.96 bits per heavy atom. The first-order valence-corrected chi connectivity index (χ1v) is 8.04. The van der Waals surface area contributed by atoms with Gasteiger partial charge in [-0.25, -0.2) is 9.78 Å². The molecule has 1 saturated heterocycles. The van der Waals surface area contributed by atoms with E-state index >= 15 is 0 Å². The Bertz CT molecular complexity index is 699. The van der Waals surface area contributed by atoms with Gasteiger partial charge in [-0.15, -0.1) is 0 Å². The maximum atomic E-state index is 11.9. The van der Waals surface area contributed by atoms with Crippen LogP contribution in [0.5, 0.6) is 0 Å². The summed E-state index contributed by atoms with van der Waals surface area (Å²) in [6, 6.07) is 8.72. The molecule has 1 aromatic heterocycles. The number of hydrogen-bond acceptors (Lipinski definition) is 4. The number of urea groups is 1. The standard InChI is InChI=1S/C17H20N4O3/c22-16-13(8-4-5-9-18-16)21-17(23)20-11-15-19-10-14(24-15)12-6-2-1-3-7-12/h1-3,6-7,10,13H,4-5,8-9,11H2,(H,18,22)(H2,20,21,23)/t13-/m1/s1. The molecule has 0 saturated carbocycles. The van der Waals surface area contributed by atoms with E-state index in [1.165, 1.54) is 0 Å². The first-order valence-electron chi connectivity index (χ1n) is 8.04. The van der Waals surface area contributed by atoms with Crippen molar-refractivity contribution in [3.05, 3.63) is 42.4 Å². The minimum Gasteiger partial charge on any atom is -0.439 e. The molecule has 7 heteroatoms. The van der Waals surface area contributed by atoms with Crippen molar-refractivity contribution in [2.75, 3.05) is 6.54 Å². The lowest BCUT2D eigenvalue weighted by molar-refractivity contribution is -0.122. The zero-order chi connectivity index (χ0) is 16.8. The second-order valence-corrected chi connectivity index (χ2v) is 5.65. The molecule has 0 bridgehead atoms. The van der Waals surface area contributed by atoms with E-state index in [1.807, 2.05) is 30.3 Å². The van der Waals surface area contributed by atoms with Crippen molar-refractivity contribution in [1.29, 1.82) is 0 Å². The first-order chi connectivity index (χ1) is 11.7. The lowest BCUT2D eigenvalue weighted by Crippen LogP contribution is -2.48. The third-order valence-electron chi connectivity index (χ3n) is 3.85. The van der Waals surface area contributed by atoms with E-state index in [4.69, 9.17) is 4.42 Å². The fourth-order valence-corrected chi connectivity index (χ4v) is 2.57. The van der Waals surface area contributed by atoms with E-state index in [9.17, 15) is 9.59 Å². The number of benzene rings is 1. The average Bonchev–Trinajstić information content (AvgIpc) is 2.99. The van der Waals surface area contributed by atoms with Crippen molar-refractivity contribution in [2.24, 2.45) is 0 Å². The largest absolute Gasteiger partial charge is 0.439 e. The molecule has 0 aliphatic carbocycles. The van der Waals surface area contributed by atoms with E-state index in [-0.39, 0.29) is 12.5 Å². The molecule has 0 spiro atoms. The molecular formula is C17H20N4O3. The summed E-state index contributed by atoms with van der Waals surface area (Å²) in [5.41, 5.74) is 0.927. The quantitative estimate of drug-likeness (QED) is 0.797. The Morgan fingerprint density at radius 2 is 2.12 bits per heavy atom. The normalized spacial score (nSPS) is 17.7. The van der Waals surface area contributed by atoms with E-state index in [1.54, 1.807) is 6.20 Å². The fourth-order valence-electron chi connectivity index (χ4n) is 2.57. The van der Waals surface area contributed by atoms with Crippen molar-refractivity contribution in [3.63, 3.8) is 0 Å². The Labute approximate surface area is 139 Å². The third-order valence-corrected chi connectivity index (χ3v) is 3.85. The van der Waals surface area contributed by atoms with Gasteiger partial charge in [0, 0.05) is 12.1 Å². The zero-order valence-electron chi connectivity index (χ0n) is 13.2. The van der Waals surface area contributed by atoms with Crippen LogP contribution in [0.1, 0.15) is 25.2 Å². The van der Waals surface area contributed by atoms with Gasteiger partial charge in [0.15, 0.2) is 5.76 Å². The van der Waals surface area contributed by atoms with Crippen LogP contribution in [0.15, 0.2) is 40.9 Å². The lowest BCUT2D eigenvalue weighted by atomic mass is 10.1. The number of oxazole rings is 1. The van der Waals surface area contributed by atoms with Crippen molar-refractivity contribution < 1.29 is 14.0 Å². The summed E-state index contributed by atoms with van der Waals surface area (Å²) < 4.78 is 5.62. The van der Waals surface area contributed by atoms with Gasteiger partial charge in [0.25, 0.3) is 0 Å². The molecular weight excluding hydrogens is 308 g/mol. The predicted molar refractivity (Wildman–Crippen MR) is 88.0 cm³/mol. The number of amides is 3. The van der Waals surface area contributed by atoms with Gasteiger partial charge in [-0.3, -0.25) is 4.79 Å². The smallest absolute Gasteiger partial charge is 0.315 e. The van der Waals surface area contributed by atoms with Crippen LogP contribution in [0, 0.1) is 0 Å². The molecule has 1 fully saturated rings. The molecule has 0 radical (unpaired) electrons. The third kappa shape index (κ3) is 4.13. The van der Waals surface area contributed by atoms with Gasteiger partial charge in [0.05, 0.1) is 12.7 Å². The highest BCUT2D eigenvalue weighted by molar-refractivity contribution is 5.87. The average molecular weight is 328 g/mol. The zero-order valence-corrected chi connectivity index (χ0v) is 13.2. The lowest BCUT2D eigenvalue weighted by Gasteiger charge is -2.15. The summed E-state index contributed by atoms with van der Waals surface area (Å²) in [5, 5.41) is 8.13. The minimum atomic E-state index is -0.489. The summed E-state index contributed by atoms with van der Waals surface area (Å²) in [6.45, 7) is 0.824. The second-order valence-electron chi connectivity index (χ2n) is 5.65. The SMILES string of the molecule is O=C(NCc1ncc(-c2ccccc2)o1)N[C@@H]1CCCCNC1=O. The highest BCUT2D eigenvalue weighted by Crippen LogP contribution is 2.19. The van der Waals surface area contributed by atoms with E-state index in [0.29, 0.717) is 24.6 Å². The van der Waals surface area contributed by atoms with Crippen LogP contribution in [0.3, 0.4) is 0 Å². The molecule has 1 aromatic carbocycles. The van der Waals surface area contributed by atoms with Gasteiger partial charge in [0.2, 0.25) is 11.8 Å². The highest BCUT2D eigenvalue weighted by atomic mass is 16.4. The van der Waals surface area contributed by atoms with Gasteiger partial charge in [-0.1, -0.05) is 30.3 Å². The van der Waals surface area contributed by atoms with Crippen molar-refractivity contribution >= 4 is 11.9 Å². The van der Waals surface area contributed by atoms with Crippen molar-refractivity contribution in [3.8, 4) is 11.3 Å². The van der Waals surface area contributed by atoms with Crippen molar-refractivity contribution in [1.82, 2.24) is 20.9 Å². The first kappa shape index (κ1) is 16.0. The van der Waals surface area contributed by atoms with Crippen LogP contribution in [-0.2, 0) is 11.3 Å². The van der Waals surface area contributed by atoms with Crippen LogP contribution in [0.4, 0.5) is 4.79 Å². The summed E-state index contributed by atoms with van der Waals surface area (Å²) in [6.07, 6.45) is 4.12. The molecule has 1 atom stereocenters. The monoisotopic (exact) mass is 328 g/mol. The number of nitrogens with zero attached hydrogens (tertiary/aromatic N) is 1. The molecule has 0 unspecified atom stereocenters. The van der Waals surface area contributed by atoms with E-state index in [2.05, 4.69) is 20.9 Å². The number of carbonyl (C=O) groups excluding carboxylic acids is 2. The summed E-state index contributed by atoms with van der Waals surface area (Å²) >= 11 is 0. The summed E-state index contributed by atoms with van der Waals surface area (Å²) in [5.74, 6) is 0.926. The molecule has 1 aliphatic heterocycles. The van der Waals surface area contributed by atoms with Gasteiger partial charge >= 0.3 is 6.03 Å². The van der Waals surface area contributed by atoms with Crippen LogP contribution < -0.4 is 16.0 Å². The Morgan fingerprint density at radius 1 is 1.29 bits per heavy atom. The topological polar surface area (TPSA) is 96.3 Å². The molecule has 24 heavy (non-hydrogen) atoms. The number of nitrogens with one attached hydrogen (secondary N) is 3. The molecule has 7 nitrogen and oxygen atoms in total. The number of hydrogen-bond donors (Lipinski definition) is 3. The van der Waals surface area contributed by atoms with Crippen LogP contribution in [-0.4, -0.2) is 29.5 Å². The molecule has 2 aromatic rings. The highest BCUT2D eigenvalue weighted by Gasteiger charge is 2.22. The Kier molecular flexibility index (Phi) is 5.10. The molecule has 126 valence electrons.